The Bertz CT molecular complexity index is 811. The summed E-state index contributed by atoms with van der Waals surface area (Å²) >= 11 is 0. The molecule has 2 aliphatic rings. The number of rotatable bonds is 6. The lowest BCUT2D eigenvalue weighted by Crippen LogP contribution is -2.29. The van der Waals surface area contributed by atoms with Gasteiger partial charge >= 0.3 is 0 Å². The maximum absolute atomic E-state index is 6.36. The molecule has 0 amide bonds. The molecule has 164 valence electrons. The van der Waals surface area contributed by atoms with E-state index >= 15 is 0 Å². The van der Waals surface area contributed by atoms with Crippen molar-refractivity contribution in [3.8, 4) is 5.75 Å². The molecular weight excluding hydrogens is 370 g/mol. The van der Waals surface area contributed by atoms with E-state index in [4.69, 9.17) is 9.47 Å². The van der Waals surface area contributed by atoms with Crippen LogP contribution in [0.4, 0.5) is 0 Å². The topological polar surface area (TPSA) is 21.7 Å². The average Bonchev–Trinajstić information content (AvgIpc) is 2.73. The SMILES string of the molecule is CC(C)(C)OCC1CCC(Oc2ccc3cc(CN4CCCCC4)ccc3c2)CC1. The number of nitrogens with zero attached hydrogens (tertiary/aromatic N) is 1. The van der Waals surface area contributed by atoms with Gasteiger partial charge in [0.05, 0.1) is 18.3 Å². The first-order valence-corrected chi connectivity index (χ1v) is 12.0. The van der Waals surface area contributed by atoms with Gasteiger partial charge in [-0.05, 0) is 113 Å². The van der Waals surface area contributed by atoms with Crippen molar-refractivity contribution in [1.29, 1.82) is 0 Å². The fourth-order valence-corrected chi connectivity index (χ4v) is 4.80. The Labute approximate surface area is 182 Å². The van der Waals surface area contributed by atoms with Crippen molar-refractivity contribution in [2.45, 2.75) is 84.0 Å². The van der Waals surface area contributed by atoms with Crippen LogP contribution in [0.3, 0.4) is 0 Å². The minimum Gasteiger partial charge on any atom is -0.490 e. The molecule has 30 heavy (non-hydrogen) atoms. The highest BCUT2D eigenvalue weighted by molar-refractivity contribution is 5.84. The van der Waals surface area contributed by atoms with Gasteiger partial charge in [0.1, 0.15) is 5.75 Å². The maximum atomic E-state index is 6.36. The molecule has 0 radical (unpaired) electrons. The molecule has 0 spiro atoms. The van der Waals surface area contributed by atoms with Crippen LogP contribution in [-0.2, 0) is 11.3 Å². The number of hydrogen-bond donors (Lipinski definition) is 0. The molecule has 3 heteroatoms. The number of likely N-dealkylation sites (tertiary alicyclic amines) is 1. The van der Waals surface area contributed by atoms with Crippen molar-refractivity contribution in [2.24, 2.45) is 5.92 Å². The van der Waals surface area contributed by atoms with Gasteiger partial charge in [-0.2, -0.15) is 0 Å². The predicted molar refractivity (Wildman–Crippen MR) is 125 cm³/mol. The minimum atomic E-state index is -0.0356. The molecule has 1 aliphatic heterocycles. The van der Waals surface area contributed by atoms with E-state index in [9.17, 15) is 0 Å². The molecule has 1 heterocycles. The van der Waals surface area contributed by atoms with Gasteiger partial charge in [-0.1, -0.05) is 24.6 Å². The zero-order chi connectivity index (χ0) is 21.0. The zero-order valence-electron chi connectivity index (χ0n) is 19.2. The van der Waals surface area contributed by atoms with Gasteiger partial charge in [0.2, 0.25) is 0 Å². The Morgan fingerprint density at radius 2 is 1.57 bits per heavy atom. The summed E-state index contributed by atoms with van der Waals surface area (Å²) in [6.07, 6.45) is 9.09. The van der Waals surface area contributed by atoms with E-state index in [1.165, 1.54) is 61.5 Å². The van der Waals surface area contributed by atoms with Gasteiger partial charge in [-0.25, -0.2) is 0 Å². The molecule has 2 aromatic rings. The van der Waals surface area contributed by atoms with Crippen LogP contribution in [-0.4, -0.2) is 36.3 Å². The van der Waals surface area contributed by atoms with Crippen molar-refractivity contribution in [3.05, 3.63) is 42.0 Å². The molecule has 4 rings (SSSR count). The molecule has 1 saturated heterocycles. The van der Waals surface area contributed by atoms with Crippen LogP contribution >= 0.6 is 0 Å². The summed E-state index contributed by atoms with van der Waals surface area (Å²) in [7, 11) is 0. The van der Waals surface area contributed by atoms with E-state index < -0.39 is 0 Å². The first-order chi connectivity index (χ1) is 14.4. The second-order valence-corrected chi connectivity index (χ2v) is 10.4. The Balaban J connectivity index is 1.30. The van der Waals surface area contributed by atoms with Crippen LogP contribution in [0.2, 0.25) is 0 Å². The number of piperidine rings is 1. The molecule has 0 unspecified atom stereocenters. The van der Waals surface area contributed by atoms with E-state index in [0.717, 1.165) is 31.7 Å². The second-order valence-electron chi connectivity index (χ2n) is 10.4. The number of benzene rings is 2. The summed E-state index contributed by atoms with van der Waals surface area (Å²) in [4.78, 5) is 2.59. The Kier molecular flexibility index (Phi) is 7.00. The molecule has 0 bridgehead atoms. The van der Waals surface area contributed by atoms with Crippen LogP contribution in [0.5, 0.6) is 5.75 Å². The lowest BCUT2D eigenvalue weighted by molar-refractivity contribution is -0.0332. The van der Waals surface area contributed by atoms with E-state index in [1.54, 1.807) is 0 Å². The molecular formula is C27H39NO2. The molecule has 0 atom stereocenters. The smallest absolute Gasteiger partial charge is 0.120 e. The standard InChI is InChI=1S/C27H39NO2/c1-27(2,3)29-20-21-8-12-25(13-9-21)30-26-14-11-23-17-22(7-10-24(23)18-26)19-28-15-5-4-6-16-28/h7,10-11,14,17-18,21,25H,4-6,8-9,12-13,15-16,19-20H2,1-3H3. The fourth-order valence-electron chi connectivity index (χ4n) is 4.80. The second kappa shape index (κ2) is 9.70. The highest BCUT2D eigenvalue weighted by Gasteiger charge is 2.24. The van der Waals surface area contributed by atoms with E-state index in [-0.39, 0.29) is 5.60 Å². The summed E-state index contributed by atoms with van der Waals surface area (Å²) in [5.41, 5.74) is 1.39. The number of hydrogen-bond acceptors (Lipinski definition) is 3. The first-order valence-electron chi connectivity index (χ1n) is 12.0. The van der Waals surface area contributed by atoms with Gasteiger partial charge in [-0.3, -0.25) is 4.90 Å². The van der Waals surface area contributed by atoms with E-state index in [1.807, 2.05) is 0 Å². The highest BCUT2D eigenvalue weighted by Crippen LogP contribution is 2.30. The van der Waals surface area contributed by atoms with E-state index in [0.29, 0.717) is 12.0 Å². The zero-order valence-corrected chi connectivity index (χ0v) is 19.2. The predicted octanol–water partition coefficient (Wildman–Crippen LogP) is 6.58. The summed E-state index contributed by atoms with van der Waals surface area (Å²) in [5, 5.41) is 2.60. The summed E-state index contributed by atoms with van der Waals surface area (Å²) in [5.74, 6) is 1.69. The first kappa shape index (κ1) is 21.6. The van der Waals surface area contributed by atoms with Crippen molar-refractivity contribution in [3.63, 3.8) is 0 Å². The molecule has 1 aliphatic carbocycles. The van der Waals surface area contributed by atoms with Crippen LogP contribution in [0.25, 0.3) is 10.8 Å². The Hall–Kier alpha value is -1.58. The quantitative estimate of drug-likeness (QED) is 0.538. The normalized spacial score (nSPS) is 23.6. The lowest BCUT2D eigenvalue weighted by Gasteiger charge is -2.31. The summed E-state index contributed by atoms with van der Waals surface area (Å²) < 4.78 is 12.3. The Morgan fingerprint density at radius 3 is 2.30 bits per heavy atom. The van der Waals surface area contributed by atoms with Gasteiger partial charge < -0.3 is 9.47 Å². The van der Waals surface area contributed by atoms with Crippen molar-refractivity contribution < 1.29 is 9.47 Å². The van der Waals surface area contributed by atoms with Crippen LogP contribution in [0.15, 0.2) is 36.4 Å². The number of ether oxygens (including phenoxy) is 2. The van der Waals surface area contributed by atoms with Gasteiger partial charge in [-0.15, -0.1) is 0 Å². The average molecular weight is 410 g/mol. The fraction of sp³-hybridized carbons (Fsp3) is 0.630. The molecule has 3 nitrogen and oxygen atoms in total. The van der Waals surface area contributed by atoms with Crippen LogP contribution in [0, 0.1) is 5.92 Å². The van der Waals surface area contributed by atoms with Crippen molar-refractivity contribution >= 4 is 10.8 Å². The Morgan fingerprint density at radius 1 is 0.867 bits per heavy atom. The largest absolute Gasteiger partial charge is 0.490 e. The summed E-state index contributed by atoms with van der Waals surface area (Å²) in [6, 6.07) is 13.5. The van der Waals surface area contributed by atoms with Crippen molar-refractivity contribution in [1.82, 2.24) is 4.90 Å². The number of fused-ring (bicyclic) bond motifs is 1. The molecule has 2 fully saturated rings. The monoisotopic (exact) mass is 409 g/mol. The van der Waals surface area contributed by atoms with E-state index in [2.05, 4.69) is 62.1 Å². The lowest BCUT2D eigenvalue weighted by atomic mass is 9.88. The van der Waals surface area contributed by atoms with Gasteiger partial charge in [0.15, 0.2) is 0 Å². The molecule has 0 N–H and O–H groups in total. The van der Waals surface area contributed by atoms with Crippen LogP contribution < -0.4 is 4.74 Å². The molecule has 1 saturated carbocycles. The minimum absolute atomic E-state index is 0.0356. The third-order valence-corrected chi connectivity index (χ3v) is 6.58. The molecule has 0 aromatic heterocycles. The summed E-state index contributed by atoms with van der Waals surface area (Å²) in [6.45, 7) is 10.9. The van der Waals surface area contributed by atoms with Gasteiger partial charge in [0, 0.05) is 6.54 Å². The van der Waals surface area contributed by atoms with Crippen molar-refractivity contribution in [2.75, 3.05) is 19.7 Å². The maximum Gasteiger partial charge on any atom is 0.120 e. The third kappa shape index (κ3) is 6.21. The third-order valence-electron chi connectivity index (χ3n) is 6.58. The van der Waals surface area contributed by atoms with Gasteiger partial charge in [0.25, 0.3) is 0 Å². The molecule has 2 aromatic carbocycles. The van der Waals surface area contributed by atoms with Crippen LogP contribution in [0.1, 0.15) is 71.3 Å². The highest BCUT2D eigenvalue weighted by atomic mass is 16.5.